The fourth-order valence-corrected chi connectivity index (χ4v) is 4.51. The molecule has 2 aliphatic rings. The Morgan fingerprint density at radius 3 is 2.56 bits per heavy atom. The average Bonchev–Trinajstić information content (AvgIpc) is 2.84. The first kappa shape index (κ1) is 22.1. The Kier molecular flexibility index (Phi) is 6.95. The van der Waals surface area contributed by atoms with Crippen molar-refractivity contribution in [1.29, 1.82) is 0 Å². The smallest absolute Gasteiger partial charge is 0.257 e. The molecule has 2 aliphatic heterocycles. The van der Waals surface area contributed by atoms with Crippen molar-refractivity contribution in [1.82, 2.24) is 4.90 Å². The van der Waals surface area contributed by atoms with E-state index >= 15 is 0 Å². The van der Waals surface area contributed by atoms with Gasteiger partial charge in [0.15, 0.2) is 0 Å². The van der Waals surface area contributed by atoms with Crippen LogP contribution in [-0.2, 0) is 16.0 Å². The highest BCUT2D eigenvalue weighted by Gasteiger charge is 2.34. The highest BCUT2D eigenvalue weighted by molar-refractivity contribution is 5.98. The van der Waals surface area contributed by atoms with Crippen molar-refractivity contribution in [3.05, 3.63) is 53.6 Å². The van der Waals surface area contributed by atoms with Gasteiger partial charge in [0.05, 0.1) is 19.3 Å². The van der Waals surface area contributed by atoms with Crippen LogP contribution in [-0.4, -0.2) is 63.3 Å². The van der Waals surface area contributed by atoms with Crippen LogP contribution in [0.3, 0.4) is 0 Å². The number of hydrogen-bond acceptors (Lipinski definition) is 5. The van der Waals surface area contributed by atoms with Gasteiger partial charge in [-0.25, -0.2) is 0 Å². The van der Waals surface area contributed by atoms with Gasteiger partial charge in [-0.1, -0.05) is 18.2 Å². The number of para-hydroxylation sites is 1. The van der Waals surface area contributed by atoms with Gasteiger partial charge in [-0.05, 0) is 43.0 Å². The Labute approximate surface area is 188 Å². The zero-order valence-corrected chi connectivity index (χ0v) is 18.7. The van der Waals surface area contributed by atoms with E-state index in [2.05, 4.69) is 6.07 Å². The van der Waals surface area contributed by atoms with Crippen molar-refractivity contribution in [2.45, 2.75) is 31.7 Å². The van der Waals surface area contributed by atoms with Gasteiger partial charge in [0.2, 0.25) is 5.91 Å². The first-order valence-corrected chi connectivity index (χ1v) is 11.1. The zero-order valence-electron chi connectivity index (χ0n) is 18.7. The van der Waals surface area contributed by atoms with Crippen molar-refractivity contribution >= 4 is 17.5 Å². The molecule has 0 aliphatic carbocycles. The summed E-state index contributed by atoms with van der Waals surface area (Å²) in [6, 6.07) is 13.5. The maximum atomic E-state index is 13.3. The van der Waals surface area contributed by atoms with Gasteiger partial charge < -0.3 is 24.0 Å². The quantitative estimate of drug-likeness (QED) is 0.621. The third-order valence-corrected chi connectivity index (χ3v) is 6.21. The van der Waals surface area contributed by atoms with Crippen LogP contribution in [0.25, 0.3) is 0 Å². The van der Waals surface area contributed by atoms with Gasteiger partial charge in [0, 0.05) is 44.4 Å². The number of anilines is 1. The van der Waals surface area contributed by atoms with Gasteiger partial charge in [0.25, 0.3) is 5.91 Å². The Hall–Kier alpha value is -3.06. The molecule has 0 unspecified atom stereocenters. The van der Waals surface area contributed by atoms with E-state index in [0.29, 0.717) is 49.8 Å². The van der Waals surface area contributed by atoms with Gasteiger partial charge in [-0.3, -0.25) is 9.59 Å². The lowest BCUT2D eigenvalue weighted by molar-refractivity contribution is -0.119. The molecule has 32 heavy (non-hydrogen) atoms. The van der Waals surface area contributed by atoms with Gasteiger partial charge in [-0.15, -0.1) is 0 Å². The summed E-state index contributed by atoms with van der Waals surface area (Å²) in [5.41, 5.74) is 2.76. The monoisotopic (exact) mass is 438 g/mol. The maximum absolute atomic E-state index is 13.3. The molecule has 2 aromatic rings. The van der Waals surface area contributed by atoms with Crippen LogP contribution >= 0.6 is 0 Å². The van der Waals surface area contributed by atoms with Gasteiger partial charge in [-0.2, -0.15) is 0 Å². The third kappa shape index (κ3) is 4.58. The Morgan fingerprint density at radius 2 is 1.81 bits per heavy atom. The van der Waals surface area contributed by atoms with E-state index in [1.807, 2.05) is 28.0 Å². The average molecular weight is 439 g/mol. The standard InChI is InChI=1S/C25H30N2O5/c1-30-15-16-32-23-17-20(31-2)8-9-21(23)25(29)26-13-11-19(12-14-26)27-22-6-4-3-5-18(22)7-10-24(27)28/h3-6,8-9,17,19H,7,10-16H2,1-2H3. The van der Waals surface area contributed by atoms with Crippen LogP contribution in [0.4, 0.5) is 5.69 Å². The summed E-state index contributed by atoms with van der Waals surface area (Å²) in [6.45, 7) is 1.97. The molecule has 2 aromatic carbocycles. The summed E-state index contributed by atoms with van der Waals surface area (Å²) in [5, 5.41) is 0. The van der Waals surface area contributed by atoms with E-state index in [1.165, 1.54) is 5.56 Å². The molecule has 0 aromatic heterocycles. The lowest BCUT2D eigenvalue weighted by Crippen LogP contribution is -2.50. The number of amides is 2. The molecule has 170 valence electrons. The molecule has 1 fully saturated rings. The topological polar surface area (TPSA) is 68.3 Å². The lowest BCUT2D eigenvalue weighted by atomic mass is 9.95. The summed E-state index contributed by atoms with van der Waals surface area (Å²) in [5.74, 6) is 1.24. The van der Waals surface area contributed by atoms with Crippen LogP contribution in [0, 0.1) is 0 Å². The van der Waals surface area contributed by atoms with Crippen LogP contribution in [0.15, 0.2) is 42.5 Å². The fourth-order valence-electron chi connectivity index (χ4n) is 4.51. The normalized spacial score (nSPS) is 16.6. The van der Waals surface area contributed by atoms with Crippen LogP contribution < -0.4 is 14.4 Å². The number of fused-ring (bicyclic) bond motifs is 1. The molecule has 7 nitrogen and oxygen atoms in total. The van der Waals surface area contributed by atoms with Crippen molar-refractivity contribution in [3.63, 3.8) is 0 Å². The van der Waals surface area contributed by atoms with E-state index in [-0.39, 0.29) is 17.9 Å². The predicted molar refractivity (Wildman–Crippen MR) is 122 cm³/mol. The van der Waals surface area contributed by atoms with E-state index < -0.39 is 0 Å². The lowest BCUT2D eigenvalue weighted by Gasteiger charge is -2.41. The SMILES string of the molecule is COCCOc1cc(OC)ccc1C(=O)N1CCC(N2C(=O)CCc3ccccc32)CC1. The van der Waals surface area contributed by atoms with Crippen LogP contribution in [0.1, 0.15) is 35.2 Å². The number of methoxy groups -OCH3 is 2. The first-order chi connectivity index (χ1) is 15.6. The molecule has 0 saturated carbocycles. The number of rotatable bonds is 7. The molecule has 0 spiro atoms. The molecule has 0 N–H and O–H groups in total. The molecule has 4 rings (SSSR count). The largest absolute Gasteiger partial charge is 0.497 e. The molecule has 2 amide bonds. The fraction of sp³-hybridized carbons (Fsp3) is 0.440. The Bertz CT molecular complexity index is 969. The summed E-state index contributed by atoms with van der Waals surface area (Å²) in [4.78, 5) is 29.8. The molecule has 7 heteroatoms. The molecular weight excluding hydrogens is 408 g/mol. The first-order valence-electron chi connectivity index (χ1n) is 11.1. The van der Waals surface area contributed by atoms with E-state index in [9.17, 15) is 9.59 Å². The van der Waals surface area contributed by atoms with Gasteiger partial charge in [0.1, 0.15) is 18.1 Å². The number of hydrogen-bond donors (Lipinski definition) is 0. The summed E-state index contributed by atoms with van der Waals surface area (Å²) >= 11 is 0. The number of likely N-dealkylation sites (tertiary alicyclic amines) is 1. The number of nitrogens with zero attached hydrogens (tertiary/aromatic N) is 2. The second kappa shape index (κ2) is 10.0. The van der Waals surface area contributed by atoms with Crippen molar-refractivity contribution in [3.8, 4) is 11.5 Å². The minimum atomic E-state index is -0.0658. The highest BCUT2D eigenvalue weighted by Crippen LogP contribution is 2.33. The van der Waals surface area contributed by atoms with Gasteiger partial charge >= 0.3 is 0 Å². The van der Waals surface area contributed by atoms with Crippen LogP contribution in [0.5, 0.6) is 11.5 Å². The number of aryl methyl sites for hydroxylation is 1. The zero-order chi connectivity index (χ0) is 22.5. The van der Waals surface area contributed by atoms with Crippen molar-refractivity contribution in [2.24, 2.45) is 0 Å². The third-order valence-electron chi connectivity index (χ3n) is 6.21. The maximum Gasteiger partial charge on any atom is 0.257 e. The number of carbonyl (C=O) groups excluding carboxylic acids is 2. The second-order valence-corrected chi connectivity index (χ2v) is 8.12. The van der Waals surface area contributed by atoms with E-state index in [4.69, 9.17) is 14.2 Å². The van der Waals surface area contributed by atoms with Crippen LogP contribution in [0.2, 0.25) is 0 Å². The van der Waals surface area contributed by atoms with E-state index in [1.54, 1.807) is 32.4 Å². The van der Waals surface area contributed by atoms with Crippen molar-refractivity contribution < 1.29 is 23.8 Å². The minimum absolute atomic E-state index is 0.0658. The number of ether oxygens (including phenoxy) is 3. The molecule has 2 heterocycles. The summed E-state index contributed by atoms with van der Waals surface area (Å²) < 4.78 is 16.1. The summed E-state index contributed by atoms with van der Waals surface area (Å²) in [7, 11) is 3.19. The number of benzene rings is 2. The number of piperidine rings is 1. The Morgan fingerprint density at radius 1 is 1.03 bits per heavy atom. The molecular formula is C25H30N2O5. The highest BCUT2D eigenvalue weighted by atomic mass is 16.5. The molecule has 0 radical (unpaired) electrons. The van der Waals surface area contributed by atoms with Crippen molar-refractivity contribution in [2.75, 3.05) is 45.4 Å². The molecule has 0 bridgehead atoms. The predicted octanol–water partition coefficient (Wildman–Crippen LogP) is 3.30. The minimum Gasteiger partial charge on any atom is -0.497 e. The number of carbonyl (C=O) groups is 2. The second-order valence-electron chi connectivity index (χ2n) is 8.12. The van der Waals surface area contributed by atoms with E-state index in [0.717, 1.165) is 24.9 Å². The molecule has 0 atom stereocenters. The molecule has 1 saturated heterocycles. The summed E-state index contributed by atoms with van der Waals surface area (Å²) in [6.07, 6.45) is 2.85. The Balaban J connectivity index is 1.46.